The summed E-state index contributed by atoms with van der Waals surface area (Å²) in [6.45, 7) is 1.44. The van der Waals surface area contributed by atoms with Crippen molar-refractivity contribution in [1.82, 2.24) is 5.32 Å². The number of benzene rings is 2. The molecule has 10 heteroatoms. The number of anilines is 3. The average Bonchev–Trinajstić information content (AvgIpc) is 2.62. The molecule has 0 fully saturated rings. The molecular weight excluding hydrogens is 385 g/mol. The molecule has 1 heterocycles. The number of nitrogens with one attached hydrogen (secondary N) is 4. The third-order valence-corrected chi connectivity index (χ3v) is 4.12. The van der Waals surface area contributed by atoms with Crippen molar-refractivity contribution in [3.05, 3.63) is 52.5 Å². The van der Waals surface area contributed by atoms with E-state index in [2.05, 4.69) is 21.3 Å². The summed E-state index contributed by atoms with van der Waals surface area (Å²) in [5.74, 6) is -0.687. The van der Waals surface area contributed by atoms with Gasteiger partial charge in [-0.05, 0) is 36.4 Å². The SMILES string of the molecule is O=C(NC(=O)c1ccc2c(c1)NCCN2)Nc1ccc(Cl)c(C(F)(F)F)c1. The molecule has 3 amide bonds. The van der Waals surface area contributed by atoms with Crippen LogP contribution < -0.4 is 21.3 Å². The van der Waals surface area contributed by atoms with Crippen molar-refractivity contribution in [2.45, 2.75) is 6.18 Å². The molecular formula is C17H14ClF3N4O2. The quantitative estimate of drug-likeness (QED) is 0.612. The van der Waals surface area contributed by atoms with Crippen LogP contribution in [0.2, 0.25) is 5.02 Å². The highest BCUT2D eigenvalue weighted by atomic mass is 35.5. The average molecular weight is 399 g/mol. The number of alkyl halides is 3. The second-order valence-electron chi connectivity index (χ2n) is 5.71. The van der Waals surface area contributed by atoms with Crippen molar-refractivity contribution in [2.24, 2.45) is 0 Å². The number of fused-ring (bicyclic) bond motifs is 1. The van der Waals surface area contributed by atoms with Crippen LogP contribution in [0, 0.1) is 0 Å². The van der Waals surface area contributed by atoms with Gasteiger partial charge in [0.15, 0.2) is 0 Å². The van der Waals surface area contributed by atoms with Gasteiger partial charge in [0.1, 0.15) is 0 Å². The molecule has 2 aromatic rings. The number of urea groups is 1. The maximum atomic E-state index is 12.9. The number of amides is 3. The van der Waals surface area contributed by atoms with Crippen molar-refractivity contribution < 1.29 is 22.8 Å². The number of rotatable bonds is 2. The van der Waals surface area contributed by atoms with Gasteiger partial charge in [-0.3, -0.25) is 10.1 Å². The highest BCUT2D eigenvalue weighted by Gasteiger charge is 2.33. The molecule has 0 atom stereocenters. The van der Waals surface area contributed by atoms with E-state index in [1.165, 1.54) is 12.1 Å². The Labute approximate surface area is 157 Å². The zero-order valence-electron chi connectivity index (χ0n) is 13.7. The lowest BCUT2D eigenvalue weighted by Gasteiger charge is -2.20. The maximum absolute atomic E-state index is 12.9. The van der Waals surface area contributed by atoms with E-state index in [0.29, 0.717) is 12.6 Å². The summed E-state index contributed by atoms with van der Waals surface area (Å²) in [5, 5.41) is 10.0. The lowest BCUT2D eigenvalue weighted by Crippen LogP contribution is -2.34. The molecule has 0 aliphatic carbocycles. The van der Waals surface area contributed by atoms with Gasteiger partial charge in [-0.1, -0.05) is 11.6 Å². The second-order valence-corrected chi connectivity index (χ2v) is 6.12. The highest BCUT2D eigenvalue weighted by molar-refractivity contribution is 6.31. The van der Waals surface area contributed by atoms with Gasteiger partial charge in [0.05, 0.1) is 22.0 Å². The molecule has 0 aromatic heterocycles. The van der Waals surface area contributed by atoms with Crippen molar-refractivity contribution in [1.29, 1.82) is 0 Å². The van der Waals surface area contributed by atoms with Crippen LogP contribution in [0.5, 0.6) is 0 Å². The standard InChI is InChI=1S/C17H14ClF3N4O2/c18-12-3-2-10(8-11(12)17(19,20)21)24-16(27)25-15(26)9-1-4-13-14(7-9)23-6-5-22-13/h1-4,7-8,22-23H,5-6H2,(H2,24,25,26,27). The first kappa shape index (κ1) is 18.8. The van der Waals surface area contributed by atoms with Gasteiger partial charge in [-0.2, -0.15) is 13.2 Å². The van der Waals surface area contributed by atoms with Crippen LogP contribution in [-0.2, 0) is 6.18 Å². The number of carbonyl (C=O) groups excluding carboxylic acids is 2. The van der Waals surface area contributed by atoms with Crippen LogP contribution in [-0.4, -0.2) is 25.0 Å². The summed E-state index contributed by atoms with van der Waals surface area (Å²) in [7, 11) is 0. The summed E-state index contributed by atoms with van der Waals surface area (Å²) in [6, 6.07) is 6.77. The van der Waals surface area contributed by atoms with Crippen LogP contribution in [0.1, 0.15) is 15.9 Å². The fourth-order valence-corrected chi connectivity index (χ4v) is 2.76. The Bertz CT molecular complexity index is 902. The first-order chi connectivity index (χ1) is 12.7. The molecule has 0 saturated carbocycles. The molecule has 1 aliphatic heterocycles. The van der Waals surface area contributed by atoms with E-state index in [-0.39, 0.29) is 11.3 Å². The van der Waals surface area contributed by atoms with E-state index in [4.69, 9.17) is 11.6 Å². The zero-order chi connectivity index (χ0) is 19.6. The van der Waals surface area contributed by atoms with Gasteiger partial charge in [-0.25, -0.2) is 4.79 Å². The van der Waals surface area contributed by atoms with Crippen molar-refractivity contribution in [3.63, 3.8) is 0 Å². The zero-order valence-corrected chi connectivity index (χ0v) is 14.5. The van der Waals surface area contributed by atoms with E-state index < -0.39 is 28.7 Å². The molecule has 0 saturated heterocycles. The van der Waals surface area contributed by atoms with Crippen LogP contribution in [0.3, 0.4) is 0 Å². The summed E-state index contributed by atoms with van der Waals surface area (Å²) in [4.78, 5) is 24.1. The lowest BCUT2D eigenvalue weighted by atomic mass is 10.1. The Kier molecular flexibility index (Phi) is 5.13. The van der Waals surface area contributed by atoms with Crippen LogP contribution in [0.25, 0.3) is 0 Å². The Hall–Kier alpha value is -2.94. The molecule has 0 radical (unpaired) electrons. The third-order valence-electron chi connectivity index (χ3n) is 3.79. The number of halogens is 4. The molecule has 4 N–H and O–H groups in total. The van der Waals surface area contributed by atoms with Gasteiger partial charge in [0, 0.05) is 24.3 Å². The molecule has 0 spiro atoms. The first-order valence-corrected chi connectivity index (χ1v) is 8.23. The van der Waals surface area contributed by atoms with Gasteiger partial charge >= 0.3 is 12.2 Å². The number of hydrogen-bond acceptors (Lipinski definition) is 4. The van der Waals surface area contributed by atoms with Crippen molar-refractivity contribution in [2.75, 3.05) is 29.0 Å². The fourth-order valence-electron chi connectivity index (χ4n) is 2.54. The molecule has 142 valence electrons. The van der Waals surface area contributed by atoms with Gasteiger partial charge in [-0.15, -0.1) is 0 Å². The minimum atomic E-state index is -4.66. The predicted molar refractivity (Wildman–Crippen MR) is 96.4 cm³/mol. The number of carbonyl (C=O) groups is 2. The number of imide groups is 1. The Morgan fingerprint density at radius 3 is 2.41 bits per heavy atom. The second kappa shape index (κ2) is 7.36. The topological polar surface area (TPSA) is 82.3 Å². The fraction of sp³-hybridized carbons (Fsp3) is 0.176. The maximum Gasteiger partial charge on any atom is 0.417 e. The third kappa shape index (κ3) is 4.43. The normalized spacial score (nSPS) is 13.0. The summed E-state index contributed by atoms with van der Waals surface area (Å²) in [5.41, 5.74) is 0.562. The molecule has 0 unspecified atom stereocenters. The van der Waals surface area contributed by atoms with Crippen LogP contribution in [0.15, 0.2) is 36.4 Å². The molecule has 1 aliphatic rings. The van der Waals surface area contributed by atoms with Crippen molar-refractivity contribution in [3.8, 4) is 0 Å². The molecule has 27 heavy (non-hydrogen) atoms. The monoisotopic (exact) mass is 398 g/mol. The minimum absolute atomic E-state index is 0.145. The largest absolute Gasteiger partial charge is 0.417 e. The minimum Gasteiger partial charge on any atom is -0.382 e. The predicted octanol–water partition coefficient (Wildman–Crippen LogP) is 4.16. The highest BCUT2D eigenvalue weighted by Crippen LogP contribution is 2.36. The van der Waals surface area contributed by atoms with Gasteiger partial charge in [0.2, 0.25) is 0 Å². The Balaban J connectivity index is 1.68. The molecule has 3 rings (SSSR count). The van der Waals surface area contributed by atoms with Crippen molar-refractivity contribution >= 4 is 40.6 Å². The van der Waals surface area contributed by atoms with E-state index in [1.54, 1.807) is 12.1 Å². The summed E-state index contributed by atoms with van der Waals surface area (Å²) < 4.78 is 38.6. The van der Waals surface area contributed by atoms with Crippen LogP contribution >= 0.6 is 11.6 Å². The van der Waals surface area contributed by atoms with Gasteiger partial charge < -0.3 is 16.0 Å². The molecule has 6 nitrogen and oxygen atoms in total. The van der Waals surface area contributed by atoms with E-state index in [9.17, 15) is 22.8 Å². The van der Waals surface area contributed by atoms with Crippen LogP contribution in [0.4, 0.5) is 35.0 Å². The van der Waals surface area contributed by atoms with E-state index >= 15 is 0 Å². The van der Waals surface area contributed by atoms with Gasteiger partial charge in [0.25, 0.3) is 5.91 Å². The first-order valence-electron chi connectivity index (χ1n) is 7.85. The molecule has 2 aromatic carbocycles. The van der Waals surface area contributed by atoms with E-state index in [1.807, 2.05) is 0 Å². The van der Waals surface area contributed by atoms with E-state index in [0.717, 1.165) is 24.0 Å². The number of hydrogen-bond donors (Lipinski definition) is 4. The molecule has 0 bridgehead atoms. The Morgan fingerprint density at radius 1 is 1.00 bits per heavy atom. The smallest absolute Gasteiger partial charge is 0.382 e. The Morgan fingerprint density at radius 2 is 1.70 bits per heavy atom. The summed E-state index contributed by atoms with van der Waals surface area (Å²) in [6.07, 6.45) is -4.66. The lowest BCUT2D eigenvalue weighted by molar-refractivity contribution is -0.137. The summed E-state index contributed by atoms with van der Waals surface area (Å²) >= 11 is 5.53.